The first-order valence-corrected chi connectivity index (χ1v) is 10.4. The predicted molar refractivity (Wildman–Crippen MR) is 107 cm³/mol. The summed E-state index contributed by atoms with van der Waals surface area (Å²) in [5.41, 5.74) is 4.03. The van der Waals surface area contributed by atoms with Crippen LogP contribution in [0.3, 0.4) is 0 Å². The molecule has 2 rings (SSSR count). The Morgan fingerprint density at radius 2 is 1.46 bits per heavy atom. The summed E-state index contributed by atoms with van der Waals surface area (Å²) in [4.78, 5) is 0. The zero-order valence-corrected chi connectivity index (χ0v) is 17.2. The number of fused-ring (bicyclic) bond motifs is 1. The van der Waals surface area contributed by atoms with Crippen molar-refractivity contribution in [3.8, 4) is 11.5 Å². The smallest absolute Gasteiger partial charge is 0.139 e. The van der Waals surface area contributed by atoms with Gasteiger partial charge in [0.15, 0.2) is 0 Å². The molecule has 0 saturated heterocycles. The van der Waals surface area contributed by atoms with Crippen molar-refractivity contribution in [1.82, 2.24) is 0 Å². The van der Waals surface area contributed by atoms with Crippen molar-refractivity contribution in [2.45, 2.75) is 46.6 Å². The van der Waals surface area contributed by atoms with Crippen LogP contribution in [0.5, 0.6) is 0 Å². The van der Waals surface area contributed by atoms with Crippen molar-refractivity contribution in [1.29, 1.82) is 0 Å². The lowest BCUT2D eigenvalue weighted by molar-refractivity contribution is 0.233. The van der Waals surface area contributed by atoms with E-state index in [1.807, 2.05) is 30.3 Å². The minimum absolute atomic E-state index is 0.209. The fraction of sp³-hybridized carbons (Fsp3) is 0.455. The van der Waals surface area contributed by atoms with Gasteiger partial charge < -0.3 is 0 Å². The first-order chi connectivity index (χ1) is 11.3. The maximum Gasteiger partial charge on any atom is 0.139 e. The number of rotatable bonds is 4. The number of benzene rings is 2. The van der Waals surface area contributed by atoms with Crippen LogP contribution in [-0.2, 0) is 0 Å². The second kappa shape index (κ2) is 7.53. The average Bonchev–Trinajstić information content (AvgIpc) is 2.52. The molecule has 0 fully saturated rings. The normalized spacial score (nSPS) is 12.6. The molecule has 0 heterocycles. The highest BCUT2D eigenvalue weighted by Crippen LogP contribution is 2.49. The van der Waals surface area contributed by atoms with Crippen LogP contribution in [0.1, 0.15) is 47.1 Å². The van der Waals surface area contributed by atoms with E-state index in [9.17, 15) is 4.39 Å². The minimum atomic E-state index is -0.678. The minimum Gasteiger partial charge on any atom is -0.206 e. The van der Waals surface area contributed by atoms with Crippen molar-refractivity contribution >= 4 is 20.3 Å². The Morgan fingerprint density at radius 3 is 2.04 bits per heavy atom. The summed E-state index contributed by atoms with van der Waals surface area (Å²) < 4.78 is 14.3. The van der Waals surface area contributed by atoms with Gasteiger partial charge in [0.05, 0.1) is 5.56 Å². The SMILES string of the molecule is CC(C)C([SiH2]C#Cc1c(F)ccc2ccccc12)(C(C)C)C(C)C. The van der Waals surface area contributed by atoms with E-state index in [0.717, 1.165) is 10.8 Å². The summed E-state index contributed by atoms with van der Waals surface area (Å²) in [6, 6.07) is 11.3. The van der Waals surface area contributed by atoms with Crippen molar-refractivity contribution in [3.63, 3.8) is 0 Å². The van der Waals surface area contributed by atoms with Gasteiger partial charge in [-0.25, -0.2) is 4.39 Å². The summed E-state index contributed by atoms with van der Waals surface area (Å²) in [6.07, 6.45) is 0. The van der Waals surface area contributed by atoms with Crippen LogP contribution >= 0.6 is 0 Å². The first kappa shape index (κ1) is 18.7. The summed E-state index contributed by atoms with van der Waals surface area (Å²) in [7, 11) is -0.678. The summed E-state index contributed by atoms with van der Waals surface area (Å²) in [5.74, 6) is 4.78. The Morgan fingerprint density at radius 1 is 0.875 bits per heavy atom. The molecule has 0 radical (unpaired) electrons. The zero-order chi connectivity index (χ0) is 17.9. The molecule has 24 heavy (non-hydrogen) atoms. The number of hydrogen-bond donors (Lipinski definition) is 0. The van der Waals surface area contributed by atoms with Crippen molar-refractivity contribution in [2.75, 3.05) is 0 Å². The van der Waals surface area contributed by atoms with E-state index < -0.39 is 9.52 Å². The molecule has 0 bridgehead atoms. The molecule has 128 valence electrons. The van der Waals surface area contributed by atoms with E-state index in [-0.39, 0.29) is 10.9 Å². The highest BCUT2D eigenvalue weighted by atomic mass is 28.2. The lowest BCUT2D eigenvalue weighted by Crippen LogP contribution is -2.36. The lowest BCUT2D eigenvalue weighted by atomic mass is 9.76. The zero-order valence-electron chi connectivity index (χ0n) is 15.8. The second-order valence-corrected chi connectivity index (χ2v) is 9.63. The molecule has 0 aliphatic heterocycles. The van der Waals surface area contributed by atoms with Gasteiger partial charge in [0.25, 0.3) is 0 Å². The van der Waals surface area contributed by atoms with Crippen molar-refractivity contribution < 1.29 is 4.39 Å². The van der Waals surface area contributed by atoms with Gasteiger partial charge in [0.2, 0.25) is 0 Å². The number of halogens is 1. The second-order valence-electron chi connectivity index (χ2n) is 7.70. The quantitative estimate of drug-likeness (QED) is 0.503. The van der Waals surface area contributed by atoms with Crippen molar-refractivity contribution in [2.24, 2.45) is 17.8 Å². The predicted octanol–water partition coefficient (Wildman–Crippen LogP) is 5.58. The Bertz CT molecular complexity index is 741. The molecule has 0 saturated carbocycles. The third-order valence-electron chi connectivity index (χ3n) is 5.71. The molecule has 2 aromatic carbocycles. The Hall–Kier alpha value is -1.59. The highest BCUT2D eigenvalue weighted by molar-refractivity contribution is 6.50. The highest BCUT2D eigenvalue weighted by Gasteiger charge is 2.39. The van der Waals surface area contributed by atoms with Gasteiger partial charge in [-0.1, -0.05) is 77.8 Å². The van der Waals surface area contributed by atoms with Gasteiger partial charge in [-0.05, 0) is 34.2 Å². The average molecular weight is 341 g/mol. The molecule has 2 heteroatoms. The molecular weight excluding hydrogens is 311 g/mol. The maximum absolute atomic E-state index is 14.3. The van der Waals surface area contributed by atoms with Gasteiger partial charge in [0.1, 0.15) is 15.3 Å². The van der Waals surface area contributed by atoms with Crippen LogP contribution in [0.25, 0.3) is 10.8 Å². The van der Waals surface area contributed by atoms with Crippen LogP contribution in [0.2, 0.25) is 5.04 Å². The molecule has 0 unspecified atom stereocenters. The maximum atomic E-state index is 14.3. The van der Waals surface area contributed by atoms with Crippen LogP contribution in [0.15, 0.2) is 36.4 Å². The Labute approximate surface area is 148 Å². The summed E-state index contributed by atoms with van der Waals surface area (Å²) in [6.45, 7) is 13.9. The first-order valence-electron chi connectivity index (χ1n) is 8.96. The summed E-state index contributed by atoms with van der Waals surface area (Å²) in [5, 5.41) is 2.25. The summed E-state index contributed by atoms with van der Waals surface area (Å²) >= 11 is 0. The Balaban J connectivity index is 2.45. The number of hydrogen-bond acceptors (Lipinski definition) is 0. The molecular formula is C22H29FSi. The third kappa shape index (κ3) is 3.42. The fourth-order valence-corrected chi connectivity index (χ4v) is 6.07. The molecule has 0 nitrogen and oxygen atoms in total. The van der Waals surface area contributed by atoms with Crippen LogP contribution in [0.4, 0.5) is 4.39 Å². The lowest BCUT2D eigenvalue weighted by Gasteiger charge is -2.44. The Kier molecular flexibility index (Phi) is 5.88. The van der Waals surface area contributed by atoms with E-state index in [1.165, 1.54) is 6.07 Å². The van der Waals surface area contributed by atoms with Crippen LogP contribution in [0, 0.1) is 35.0 Å². The largest absolute Gasteiger partial charge is 0.206 e. The van der Waals surface area contributed by atoms with Crippen LogP contribution in [-0.4, -0.2) is 9.52 Å². The van der Waals surface area contributed by atoms with E-state index in [0.29, 0.717) is 23.3 Å². The molecule has 2 aromatic rings. The van der Waals surface area contributed by atoms with Crippen molar-refractivity contribution in [3.05, 3.63) is 47.8 Å². The van der Waals surface area contributed by atoms with E-state index >= 15 is 0 Å². The topological polar surface area (TPSA) is 0 Å². The fourth-order valence-electron chi connectivity index (χ4n) is 4.27. The molecule has 0 N–H and O–H groups in total. The van der Waals surface area contributed by atoms with E-state index in [4.69, 9.17) is 0 Å². The third-order valence-corrected chi connectivity index (χ3v) is 9.13. The van der Waals surface area contributed by atoms with E-state index in [2.05, 4.69) is 53.0 Å². The monoisotopic (exact) mass is 340 g/mol. The van der Waals surface area contributed by atoms with Gasteiger partial charge in [-0.2, -0.15) is 0 Å². The van der Waals surface area contributed by atoms with Crippen LogP contribution < -0.4 is 0 Å². The molecule has 0 spiro atoms. The standard InChI is InChI=1S/C22H29FSi/c1-15(2)22(16(3)4,17(5)6)24-14-13-20-19-10-8-7-9-18(19)11-12-21(20)23/h7-12,15-17H,24H2,1-6H3. The van der Waals surface area contributed by atoms with E-state index in [1.54, 1.807) is 0 Å². The molecule has 0 atom stereocenters. The van der Waals surface area contributed by atoms with Gasteiger partial charge in [-0.3, -0.25) is 0 Å². The van der Waals surface area contributed by atoms with Gasteiger partial charge in [0, 0.05) is 5.39 Å². The molecule has 0 aliphatic carbocycles. The van der Waals surface area contributed by atoms with Gasteiger partial charge >= 0.3 is 0 Å². The molecule has 0 amide bonds. The molecule has 0 aliphatic rings. The molecule has 0 aromatic heterocycles. The van der Waals surface area contributed by atoms with Gasteiger partial charge in [-0.15, -0.1) is 5.54 Å².